The average molecular weight is 397 g/mol. The summed E-state index contributed by atoms with van der Waals surface area (Å²) in [5.74, 6) is 0.456. The third-order valence-electron chi connectivity index (χ3n) is 4.78. The molecule has 1 aromatic carbocycles. The molecule has 7 nitrogen and oxygen atoms in total. The Morgan fingerprint density at radius 2 is 2.15 bits per heavy atom. The van der Waals surface area contributed by atoms with Crippen molar-refractivity contribution in [2.45, 2.75) is 55.7 Å². The van der Waals surface area contributed by atoms with Gasteiger partial charge in [0.05, 0.1) is 21.7 Å². The normalized spacial score (nSPS) is 18.4. The van der Waals surface area contributed by atoms with Gasteiger partial charge in [0, 0.05) is 19.1 Å². The van der Waals surface area contributed by atoms with E-state index in [0.29, 0.717) is 29.0 Å². The van der Waals surface area contributed by atoms with Gasteiger partial charge in [0.1, 0.15) is 0 Å². The first-order valence-corrected chi connectivity index (χ1v) is 11.3. The van der Waals surface area contributed by atoms with Crippen molar-refractivity contribution in [1.29, 1.82) is 0 Å². The van der Waals surface area contributed by atoms with E-state index in [2.05, 4.69) is 11.9 Å². The quantitative estimate of drug-likeness (QED) is 0.781. The van der Waals surface area contributed by atoms with Crippen LogP contribution in [-0.4, -0.2) is 47.1 Å². The van der Waals surface area contributed by atoms with Gasteiger partial charge in [-0.2, -0.15) is 0 Å². The van der Waals surface area contributed by atoms with Crippen molar-refractivity contribution < 1.29 is 13.2 Å². The molecule has 0 saturated carbocycles. The zero-order chi connectivity index (χ0) is 18.9. The minimum absolute atomic E-state index is 0.0421. The van der Waals surface area contributed by atoms with Gasteiger partial charge in [-0.15, -0.1) is 0 Å². The number of aromatic nitrogens is 2. The molecule has 2 aromatic rings. The second kappa shape index (κ2) is 7.58. The van der Waals surface area contributed by atoms with E-state index in [0.717, 1.165) is 24.9 Å². The summed E-state index contributed by atoms with van der Waals surface area (Å²) in [7, 11) is -3.77. The monoisotopic (exact) mass is 396 g/mol. The Balaban J connectivity index is 1.82. The molecule has 142 valence electrons. The number of likely N-dealkylation sites (tertiary alicyclic amines) is 1. The lowest BCUT2D eigenvalue weighted by molar-refractivity contribution is -0.131. The van der Waals surface area contributed by atoms with Gasteiger partial charge < -0.3 is 9.47 Å². The molecule has 0 unspecified atom stereocenters. The van der Waals surface area contributed by atoms with Crippen LogP contribution < -0.4 is 5.14 Å². The number of piperidine rings is 1. The van der Waals surface area contributed by atoms with Crippen LogP contribution in [0.25, 0.3) is 11.0 Å². The third-order valence-corrected chi connectivity index (χ3v) is 6.65. The SMILES string of the molecule is CCn1c(SCC(=O)N2CCCC[C@@H]2C)nc2cc(S(N)(=O)=O)ccc21. The van der Waals surface area contributed by atoms with Crippen LogP contribution in [0.2, 0.25) is 0 Å². The summed E-state index contributed by atoms with van der Waals surface area (Å²) in [4.78, 5) is 19.1. The number of aryl methyl sites for hydroxylation is 1. The number of amides is 1. The number of rotatable bonds is 5. The molecule has 1 aliphatic heterocycles. The maximum atomic E-state index is 12.6. The molecule has 26 heavy (non-hydrogen) atoms. The Hall–Kier alpha value is -1.58. The first kappa shape index (κ1) is 19.2. The van der Waals surface area contributed by atoms with Crippen LogP contribution in [0, 0.1) is 0 Å². The Morgan fingerprint density at radius 1 is 1.38 bits per heavy atom. The number of nitrogens with zero attached hydrogens (tertiary/aromatic N) is 3. The molecule has 0 spiro atoms. The predicted octanol–water partition coefficient (Wildman–Crippen LogP) is 2.20. The van der Waals surface area contributed by atoms with Crippen LogP contribution in [0.15, 0.2) is 28.3 Å². The summed E-state index contributed by atoms with van der Waals surface area (Å²) in [6.07, 6.45) is 3.29. The number of imidazole rings is 1. The molecular formula is C17H24N4O3S2. The summed E-state index contributed by atoms with van der Waals surface area (Å²) in [6, 6.07) is 4.97. The maximum absolute atomic E-state index is 12.6. The van der Waals surface area contributed by atoms with Gasteiger partial charge >= 0.3 is 0 Å². The van der Waals surface area contributed by atoms with Gasteiger partial charge in [-0.25, -0.2) is 18.5 Å². The van der Waals surface area contributed by atoms with E-state index in [1.54, 1.807) is 6.07 Å². The maximum Gasteiger partial charge on any atom is 0.238 e. The summed E-state index contributed by atoms with van der Waals surface area (Å²) in [5.41, 5.74) is 1.40. The predicted molar refractivity (Wildman–Crippen MR) is 103 cm³/mol. The van der Waals surface area contributed by atoms with Gasteiger partial charge in [-0.05, 0) is 51.3 Å². The Morgan fingerprint density at radius 3 is 2.81 bits per heavy atom. The van der Waals surface area contributed by atoms with Crippen LogP contribution in [0.3, 0.4) is 0 Å². The van der Waals surface area contributed by atoms with Gasteiger partial charge in [0.25, 0.3) is 0 Å². The lowest BCUT2D eigenvalue weighted by Gasteiger charge is -2.33. The number of primary sulfonamides is 1. The van der Waals surface area contributed by atoms with Gasteiger partial charge in [-0.3, -0.25) is 4.79 Å². The van der Waals surface area contributed by atoms with Gasteiger partial charge in [-0.1, -0.05) is 11.8 Å². The summed E-state index contributed by atoms with van der Waals surface area (Å²) in [6.45, 7) is 5.59. The number of benzene rings is 1. The number of fused-ring (bicyclic) bond motifs is 1. The molecule has 0 bridgehead atoms. The second-order valence-corrected chi connectivity index (χ2v) is 9.06. The molecular weight excluding hydrogens is 372 g/mol. The molecule has 2 N–H and O–H groups in total. The number of carbonyl (C=O) groups is 1. The van der Waals surface area contributed by atoms with Crippen LogP contribution in [-0.2, 0) is 21.4 Å². The second-order valence-electron chi connectivity index (χ2n) is 6.55. The highest BCUT2D eigenvalue weighted by Crippen LogP contribution is 2.27. The molecule has 0 aliphatic carbocycles. The van der Waals surface area contributed by atoms with E-state index in [1.807, 2.05) is 16.4 Å². The number of hydrogen-bond acceptors (Lipinski definition) is 5. The van der Waals surface area contributed by atoms with Crippen molar-refractivity contribution in [1.82, 2.24) is 14.5 Å². The zero-order valence-corrected chi connectivity index (χ0v) is 16.6. The molecule has 1 atom stereocenters. The number of hydrogen-bond donors (Lipinski definition) is 1. The number of thioether (sulfide) groups is 1. The zero-order valence-electron chi connectivity index (χ0n) is 15.0. The fraction of sp³-hybridized carbons (Fsp3) is 0.529. The van der Waals surface area contributed by atoms with Crippen LogP contribution in [0.5, 0.6) is 0 Å². The Bertz CT molecular complexity index is 923. The standard InChI is InChI=1S/C17H24N4O3S2/c1-3-20-15-8-7-13(26(18,23)24)10-14(15)19-17(20)25-11-16(22)21-9-5-4-6-12(21)2/h7-8,10,12H,3-6,9,11H2,1-2H3,(H2,18,23,24)/t12-/m0/s1. The molecule has 9 heteroatoms. The first-order valence-electron chi connectivity index (χ1n) is 8.76. The van der Waals surface area contributed by atoms with Crippen LogP contribution in [0.1, 0.15) is 33.1 Å². The Kier molecular flexibility index (Phi) is 5.59. The number of carbonyl (C=O) groups excluding carboxylic acids is 1. The largest absolute Gasteiger partial charge is 0.339 e. The van der Waals surface area contributed by atoms with Crippen LogP contribution in [0.4, 0.5) is 0 Å². The highest BCUT2D eigenvalue weighted by atomic mass is 32.2. The van der Waals surface area contributed by atoms with Gasteiger partial charge in [0.15, 0.2) is 5.16 Å². The van der Waals surface area contributed by atoms with Crippen molar-refractivity contribution in [3.63, 3.8) is 0 Å². The van der Waals surface area contributed by atoms with Crippen LogP contribution >= 0.6 is 11.8 Å². The van der Waals surface area contributed by atoms with E-state index in [-0.39, 0.29) is 10.8 Å². The molecule has 1 aliphatic rings. The summed E-state index contributed by atoms with van der Waals surface area (Å²) in [5, 5.41) is 5.92. The highest BCUT2D eigenvalue weighted by molar-refractivity contribution is 7.99. The number of nitrogens with two attached hydrogens (primary N) is 1. The summed E-state index contributed by atoms with van der Waals surface area (Å²) >= 11 is 1.39. The first-order chi connectivity index (χ1) is 12.3. The van der Waals surface area contributed by atoms with E-state index in [9.17, 15) is 13.2 Å². The van der Waals surface area contributed by atoms with E-state index < -0.39 is 10.0 Å². The fourth-order valence-corrected chi connectivity index (χ4v) is 4.86. The summed E-state index contributed by atoms with van der Waals surface area (Å²) < 4.78 is 25.1. The van der Waals surface area contributed by atoms with Gasteiger partial charge in [0.2, 0.25) is 15.9 Å². The highest BCUT2D eigenvalue weighted by Gasteiger charge is 2.24. The van der Waals surface area contributed by atoms with Crippen molar-refractivity contribution in [3.8, 4) is 0 Å². The Labute approximate surface area is 158 Å². The van der Waals surface area contributed by atoms with E-state index in [1.165, 1.54) is 30.3 Å². The van der Waals surface area contributed by atoms with Crippen molar-refractivity contribution in [2.24, 2.45) is 5.14 Å². The minimum atomic E-state index is -3.77. The van der Waals surface area contributed by atoms with E-state index in [4.69, 9.17) is 5.14 Å². The smallest absolute Gasteiger partial charge is 0.238 e. The fourth-order valence-electron chi connectivity index (χ4n) is 3.36. The van der Waals surface area contributed by atoms with E-state index >= 15 is 0 Å². The number of sulfonamides is 1. The molecule has 3 rings (SSSR count). The minimum Gasteiger partial charge on any atom is -0.339 e. The molecule has 1 saturated heterocycles. The van der Waals surface area contributed by atoms with Crippen molar-refractivity contribution in [3.05, 3.63) is 18.2 Å². The topological polar surface area (TPSA) is 98.3 Å². The molecule has 1 amide bonds. The molecule has 2 heterocycles. The van der Waals surface area contributed by atoms with Crippen molar-refractivity contribution >= 4 is 38.7 Å². The molecule has 1 aromatic heterocycles. The van der Waals surface area contributed by atoms with Crippen molar-refractivity contribution in [2.75, 3.05) is 12.3 Å². The third kappa shape index (κ3) is 3.89. The molecule has 0 radical (unpaired) electrons. The lowest BCUT2D eigenvalue weighted by atomic mass is 10.0. The average Bonchev–Trinajstić information content (AvgIpc) is 2.96. The molecule has 1 fully saturated rings. The lowest BCUT2D eigenvalue weighted by Crippen LogP contribution is -2.42.